The number of amides is 1. The summed E-state index contributed by atoms with van der Waals surface area (Å²) in [6.07, 6.45) is 0.614. The third kappa shape index (κ3) is 8.87. The smallest absolute Gasteiger partial charge is 0.261 e. The summed E-state index contributed by atoms with van der Waals surface area (Å²) in [5, 5.41) is 11.1. The van der Waals surface area contributed by atoms with Crippen molar-refractivity contribution in [3.05, 3.63) is 52.5 Å². The van der Waals surface area contributed by atoms with Crippen molar-refractivity contribution in [1.82, 2.24) is 16.0 Å². The summed E-state index contributed by atoms with van der Waals surface area (Å²) in [6.45, 7) is 3.67. The van der Waals surface area contributed by atoms with Crippen LogP contribution in [0.1, 0.15) is 23.0 Å². The van der Waals surface area contributed by atoms with Crippen LogP contribution in [0, 0.1) is 5.82 Å². The van der Waals surface area contributed by atoms with E-state index in [4.69, 9.17) is 4.74 Å². The van der Waals surface area contributed by atoms with Crippen molar-refractivity contribution in [3.63, 3.8) is 0 Å². The van der Waals surface area contributed by atoms with Gasteiger partial charge in [-0.25, -0.2) is 4.39 Å². The summed E-state index contributed by atoms with van der Waals surface area (Å²) in [7, 11) is 1.69. The summed E-state index contributed by atoms with van der Waals surface area (Å²) >= 11 is 1.42. The number of hydrogen-bond donors (Lipinski definition) is 3. The molecule has 1 heterocycles. The lowest BCUT2D eigenvalue weighted by atomic mass is 10.3. The normalized spacial score (nSPS) is 11.9. The van der Waals surface area contributed by atoms with Crippen molar-refractivity contribution in [2.75, 3.05) is 26.7 Å². The molecule has 1 aromatic carbocycles. The number of halogens is 2. The first-order valence-corrected chi connectivity index (χ1v) is 9.65. The SMILES string of the molecule is CN=C(NCCCNC(=O)c1cccs1)NCC(C)Oc1cccc(F)c1.I. The van der Waals surface area contributed by atoms with E-state index >= 15 is 0 Å². The van der Waals surface area contributed by atoms with Gasteiger partial charge in [-0.2, -0.15) is 0 Å². The molecule has 154 valence electrons. The van der Waals surface area contributed by atoms with Crippen LogP contribution in [0.5, 0.6) is 5.75 Å². The minimum atomic E-state index is -0.323. The van der Waals surface area contributed by atoms with Gasteiger partial charge in [-0.15, -0.1) is 35.3 Å². The highest BCUT2D eigenvalue weighted by Gasteiger charge is 2.07. The second-order valence-electron chi connectivity index (χ2n) is 5.85. The van der Waals surface area contributed by atoms with Gasteiger partial charge in [-0.05, 0) is 36.9 Å². The van der Waals surface area contributed by atoms with E-state index in [0.29, 0.717) is 36.2 Å². The molecule has 0 saturated carbocycles. The van der Waals surface area contributed by atoms with Crippen LogP contribution >= 0.6 is 35.3 Å². The Kier molecular flexibility index (Phi) is 11.5. The van der Waals surface area contributed by atoms with Crippen LogP contribution in [0.15, 0.2) is 46.8 Å². The number of carbonyl (C=O) groups excluding carboxylic acids is 1. The first-order chi connectivity index (χ1) is 13.1. The molecule has 0 spiro atoms. The van der Waals surface area contributed by atoms with Crippen LogP contribution in [-0.4, -0.2) is 44.7 Å². The van der Waals surface area contributed by atoms with Crippen molar-refractivity contribution >= 4 is 47.2 Å². The molecule has 28 heavy (non-hydrogen) atoms. The molecule has 0 aliphatic carbocycles. The molecule has 0 aliphatic heterocycles. The summed E-state index contributed by atoms with van der Waals surface area (Å²) in [5.41, 5.74) is 0. The second-order valence-corrected chi connectivity index (χ2v) is 6.80. The average molecular weight is 520 g/mol. The molecular formula is C19H26FIN4O2S. The summed E-state index contributed by atoms with van der Waals surface area (Å²) < 4.78 is 18.8. The van der Waals surface area contributed by atoms with Crippen LogP contribution in [0.25, 0.3) is 0 Å². The molecule has 9 heteroatoms. The maximum atomic E-state index is 13.2. The number of benzene rings is 1. The maximum Gasteiger partial charge on any atom is 0.261 e. The van der Waals surface area contributed by atoms with E-state index in [9.17, 15) is 9.18 Å². The van der Waals surface area contributed by atoms with E-state index < -0.39 is 0 Å². The van der Waals surface area contributed by atoms with E-state index in [2.05, 4.69) is 20.9 Å². The monoisotopic (exact) mass is 520 g/mol. The molecule has 0 radical (unpaired) electrons. The molecule has 2 rings (SSSR count). The average Bonchev–Trinajstić information content (AvgIpc) is 3.18. The number of carbonyl (C=O) groups is 1. The standard InChI is InChI=1S/C19H25FN4O2S.HI/c1-14(26-16-7-3-6-15(20)12-16)13-24-19(21-2)23-10-5-9-22-18(25)17-8-4-11-27-17;/h3-4,6-8,11-12,14H,5,9-10,13H2,1-2H3,(H,22,25)(H2,21,23,24);1H. The lowest BCUT2D eigenvalue weighted by molar-refractivity contribution is 0.0957. The van der Waals surface area contributed by atoms with Gasteiger partial charge in [0, 0.05) is 26.2 Å². The van der Waals surface area contributed by atoms with Gasteiger partial charge in [0.05, 0.1) is 11.4 Å². The fourth-order valence-electron chi connectivity index (χ4n) is 2.27. The first-order valence-electron chi connectivity index (χ1n) is 8.77. The van der Waals surface area contributed by atoms with Gasteiger partial charge in [-0.3, -0.25) is 9.79 Å². The van der Waals surface area contributed by atoms with Gasteiger partial charge in [0.15, 0.2) is 5.96 Å². The van der Waals surface area contributed by atoms with Crippen LogP contribution in [-0.2, 0) is 0 Å². The molecule has 1 atom stereocenters. The van der Waals surface area contributed by atoms with Crippen molar-refractivity contribution < 1.29 is 13.9 Å². The van der Waals surface area contributed by atoms with Crippen molar-refractivity contribution in [2.45, 2.75) is 19.4 Å². The zero-order chi connectivity index (χ0) is 19.5. The molecule has 6 nitrogen and oxygen atoms in total. The highest BCUT2D eigenvalue weighted by molar-refractivity contribution is 14.0. The Balaban J connectivity index is 0.00000392. The fourth-order valence-corrected chi connectivity index (χ4v) is 2.91. The molecule has 0 bridgehead atoms. The summed E-state index contributed by atoms with van der Waals surface area (Å²) in [5.74, 6) is 0.773. The predicted octanol–water partition coefficient (Wildman–Crippen LogP) is 3.26. The quantitative estimate of drug-likeness (QED) is 0.206. The number of thiophene rings is 1. The Morgan fingerprint density at radius 2 is 2.00 bits per heavy atom. The van der Waals surface area contributed by atoms with Gasteiger partial charge >= 0.3 is 0 Å². The molecule has 1 amide bonds. The van der Waals surface area contributed by atoms with Gasteiger partial charge < -0.3 is 20.7 Å². The number of hydrogen-bond acceptors (Lipinski definition) is 4. The van der Waals surface area contributed by atoms with Gasteiger partial charge in [-0.1, -0.05) is 12.1 Å². The van der Waals surface area contributed by atoms with Gasteiger partial charge in [0.1, 0.15) is 17.7 Å². The highest BCUT2D eigenvalue weighted by Crippen LogP contribution is 2.13. The number of nitrogens with one attached hydrogen (secondary N) is 3. The van der Waals surface area contributed by atoms with Crippen LogP contribution in [0.2, 0.25) is 0 Å². The highest BCUT2D eigenvalue weighted by atomic mass is 127. The second kappa shape index (κ2) is 13.3. The van der Waals surface area contributed by atoms with Crippen molar-refractivity contribution in [1.29, 1.82) is 0 Å². The number of nitrogens with zero attached hydrogens (tertiary/aromatic N) is 1. The van der Waals surface area contributed by atoms with Crippen molar-refractivity contribution in [2.24, 2.45) is 4.99 Å². The zero-order valence-corrected chi connectivity index (χ0v) is 19.1. The molecule has 0 fully saturated rings. The van der Waals surface area contributed by atoms with E-state index in [1.165, 1.54) is 23.5 Å². The van der Waals surface area contributed by atoms with Crippen LogP contribution in [0.3, 0.4) is 0 Å². The maximum absolute atomic E-state index is 13.2. The van der Waals surface area contributed by atoms with Crippen LogP contribution < -0.4 is 20.7 Å². The van der Waals surface area contributed by atoms with E-state index in [1.54, 1.807) is 25.2 Å². The predicted molar refractivity (Wildman–Crippen MR) is 123 cm³/mol. The third-order valence-electron chi connectivity index (χ3n) is 3.59. The van der Waals surface area contributed by atoms with Gasteiger partial charge in [0.25, 0.3) is 5.91 Å². The van der Waals surface area contributed by atoms with Crippen molar-refractivity contribution in [3.8, 4) is 5.75 Å². The summed E-state index contributed by atoms with van der Waals surface area (Å²) in [4.78, 5) is 16.7. The molecule has 3 N–H and O–H groups in total. The van der Waals surface area contributed by atoms with Gasteiger partial charge in [0.2, 0.25) is 0 Å². The molecule has 0 saturated heterocycles. The van der Waals surface area contributed by atoms with Crippen LogP contribution in [0.4, 0.5) is 4.39 Å². The minimum Gasteiger partial charge on any atom is -0.489 e. The molecule has 1 aromatic heterocycles. The number of aliphatic imine (C=N–C) groups is 1. The lowest BCUT2D eigenvalue weighted by Crippen LogP contribution is -2.42. The summed E-state index contributed by atoms with van der Waals surface area (Å²) in [6, 6.07) is 9.73. The largest absolute Gasteiger partial charge is 0.489 e. The number of rotatable bonds is 9. The van der Waals surface area contributed by atoms with E-state index in [-0.39, 0.29) is 41.8 Å². The third-order valence-corrected chi connectivity index (χ3v) is 4.46. The van der Waals surface area contributed by atoms with E-state index in [0.717, 1.165) is 6.42 Å². The lowest BCUT2D eigenvalue weighted by Gasteiger charge is -2.17. The Bertz CT molecular complexity index is 743. The minimum absolute atomic E-state index is 0. The number of guanidine groups is 1. The number of ether oxygens (including phenoxy) is 1. The Hall–Kier alpha value is -1.88. The molecule has 1 unspecified atom stereocenters. The Morgan fingerprint density at radius 1 is 1.21 bits per heavy atom. The molecular weight excluding hydrogens is 494 g/mol. The molecule has 2 aromatic rings. The topological polar surface area (TPSA) is 74.8 Å². The molecule has 0 aliphatic rings. The first kappa shape index (κ1) is 24.2. The van der Waals surface area contributed by atoms with E-state index in [1.807, 2.05) is 18.4 Å². The zero-order valence-electron chi connectivity index (χ0n) is 15.9. The Morgan fingerprint density at radius 3 is 2.68 bits per heavy atom. The fraction of sp³-hybridized carbons (Fsp3) is 0.368. The Labute approximate surface area is 186 Å².